The molecular weight excluding hydrogens is 304 g/mol. The van der Waals surface area contributed by atoms with E-state index in [1.54, 1.807) is 27.0 Å². The van der Waals surface area contributed by atoms with Gasteiger partial charge in [0.2, 0.25) is 0 Å². The molecule has 0 aliphatic heterocycles. The van der Waals surface area contributed by atoms with Gasteiger partial charge in [-0.3, -0.25) is 5.32 Å². The molecule has 1 N–H and O–H groups in total. The van der Waals surface area contributed by atoms with Crippen LogP contribution in [0.3, 0.4) is 0 Å². The van der Waals surface area contributed by atoms with Gasteiger partial charge in [-0.15, -0.1) is 0 Å². The summed E-state index contributed by atoms with van der Waals surface area (Å²) in [6.07, 6.45) is 0.237. The summed E-state index contributed by atoms with van der Waals surface area (Å²) in [6.45, 7) is 5.36. The minimum absolute atomic E-state index is 0.118. The minimum atomic E-state index is -0.774. The lowest BCUT2D eigenvalue weighted by molar-refractivity contribution is 0.0564. The molecule has 6 nitrogen and oxygen atoms in total. The molecule has 0 heterocycles. The first-order valence-electron chi connectivity index (χ1n) is 6.63. The molecule has 0 aliphatic rings. The minimum Gasteiger partial charge on any atom is -0.444 e. The predicted molar refractivity (Wildman–Crippen MR) is 86.9 cm³/mol. The molecule has 0 aromatic heterocycles. The van der Waals surface area contributed by atoms with Crippen molar-refractivity contribution in [2.24, 2.45) is 4.99 Å². The van der Waals surface area contributed by atoms with Crippen LogP contribution >= 0.6 is 11.8 Å². The second-order valence-electron chi connectivity index (χ2n) is 5.29. The fourth-order valence-corrected chi connectivity index (χ4v) is 1.70. The zero-order valence-electron chi connectivity index (χ0n) is 13.1. The molecule has 120 valence electrons. The molecule has 0 bridgehead atoms. The highest BCUT2D eigenvalue weighted by Crippen LogP contribution is 2.08. The summed E-state index contributed by atoms with van der Waals surface area (Å²) in [4.78, 5) is 26.9. The molecule has 1 aromatic rings. The van der Waals surface area contributed by atoms with Crippen LogP contribution in [0.15, 0.2) is 35.3 Å². The van der Waals surface area contributed by atoms with Crippen molar-refractivity contribution in [3.8, 4) is 0 Å². The number of benzene rings is 1. The Labute approximate surface area is 134 Å². The molecule has 22 heavy (non-hydrogen) atoms. The number of ether oxygens (including phenoxy) is 2. The van der Waals surface area contributed by atoms with Crippen molar-refractivity contribution < 1.29 is 19.1 Å². The number of aliphatic imine (C=N–C) groups is 1. The summed E-state index contributed by atoms with van der Waals surface area (Å²) in [6, 6.07) is 9.25. The number of rotatable bonds is 2. The van der Waals surface area contributed by atoms with E-state index in [4.69, 9.17) is 9.47 Å². The fraction of sp³-hybridized carbons (Fsp3) is 0.400. The molecule has 0 saturated carbocycles. The van der Waals surface area contributed by atoms with Crippen LogP contribution in [0.4, 0.5) is 9.59 Å². The van der Waals surface area contributed by atoms with Crippen LogP contribution in [0.2, 0.25) is 0 Å². The Bertz CT molecular complexity index is 538. The molecule has 1 aromatic carbocycles. The smallest absolute Gasteiger partial charge is 0.436 e. The monoisotopic (exact) mass is 324 g/mol. The average Bonchev–Trinajstić information content (AvgIpc) is 2.43. The number of nitrogens with zero attached hydrogens (tertiary/aromatic N) is 1. The SMILES string of the molecule is CS/C(=N\C(=O)OCc1ccccc1)NC(=O)OC(C)(C)C. The van der Waals surface area contributed by atoms with E-state index < -0.39 is 17.8 Å². The summed E-state index contributed by atoms with van der Waals surface area (Å²) in [5, 5.41) is 2.52. The van der Waals surface area contributed by atoms with Gasteiger partial charge in [0.25, 0.3) is 0 Å². The van der Waals surface area contributed by atoms with Crippen molar-refractivity contribution in [2.45, 2.75) is 33.0 Å². The second-order valence-corrected chi connectivity index (χ2v) is 6.08. The van der Waals surface area contributed by atoms with Gasteiger partial charge in [-0.05, 0) is 32.6 Å². The van der Waals surface area contributed by atoms with Gasteiger partial charge < -0.3 is 9.47 Å². The van der Waals surface area contributed by atoms with E-state index >= 15 is 0 Å². The lowest BCUT2D eigenvalue weighted by Crippen LogP contribution is -2.35. The predicted octanol–water partition coefficient (Wildman–Crippen LogP) is 3.57. The Hall–Kier alpha value is -2.02. The van der Waals surface area contributed by atoms with E-state index in [1.807, 2.05) is 30.3 Å². The molecule has 1 rings (SSSR count). The zero-order valence-corrected chi connectivity index (χ0v) is 13.9. The molecule has 0 fully saturated rings. The first kappa shape index (κ1) is 18.0. The highest BCUT2D eigenvalue weighted by atomic mass is 32.2. The van der Waals surface area contributed by atoms with Gasteiger partial charge >= 0.3 is 12.2 Å². The topological polar surface area (TPSA) is 77.0 Å². The largest absolute Gasteiger partial charge is 0.444 e. The summed E-state index contributed by atoms with van der Waals surface area (Å²) >= 11 is 1.11. The fourth-order valence-electron chi connectivity index (χ4n) is 1.35. The van der Waals surface area contributed by atoms with Crippen LogP contribution in [0, 0.1) is 0 Å². The quantitative estimate of drug-likeness (QED) is 0.665. The van der Waals surface area contributed by atoms with Crippen molar-refractivity contribution in [3.63, 3.8) is 0 Å². The van der Waals surface area contributed by atoms with E-state index in [2.05, 4.69) is 10.3 Å². The number of hydrogen-bond acceptors (Lipinski definition) is 5. The van der Waals surface area contributed by atoms with Gasteiger partial charge in [-0.2, -0.15) is 4.99 Å². The number of carbonyl (C=O) groups is 2. The van der Waals surface area contributed by atoms with E-state index in [1.165, 1.54) is 0 Å². The Kier molecular flexibility index (Phi) is 6.91. The van der Waals surface area contributed by atoms with E-state index in [9.17, 15) is 9.59 Å². The first-order valence-corrected chi connectivity index (χ1v) is 7.86. The average molecular weight is 324 g/mol. The van der Waals surface area contributed by atoms with Crippen LogP contribution in [-0.4, -0.2) is 29.2 Å². The van der Waals surface area contributed by atoms with Crippen molar-refractivity contribution in [1.29, 1.82) is 0 Å². The number of thioether (sulfide) groups is 1. The summed E-state index contributed by atoms with van der Waals surface area (Å²) in [5.41, 5.74) is 0.235. The second kappa shape index (κ2) is 8.43. The third-order valence-corrected chi connectivity index (χ3v) is 2.78. The Morgan fingerprint density at radius 2 is 1.86 bits per heavy atom. The first-order chi connectivity index (χ1) is 10.3. The molecule has 2 amide bonds. The van der Waals surface area contributed by atoms with E-state index in [0.717, 1.165) is 17.3 Å². The number of alkyl carbamates (subject to hydrolysis) is 1. The number of carbonyl (C=O) groups excluding carboxylic acids is 2. The van der Waals surface area contributed by atoms with Crippen LogP contribution in [0.5, 0.6) is 0 Å². The van der Waals surface area contributed by atoms with Crippen LogP contribution in [0.1, 0.15) is 26.3 Å². The maximum atomic E-state index is 11.6. The van der Waals surface area contributed by atoms with Crippen molar-refractivity contribution >= 4 is 29.1 Å². The molecular formula is C15H20N2O4S. The van der Waals surface area contributed by atoms with Crippen LogP contribution in [-0.2, 0) is 16.1 Å². The molecule has 0 atom stereocenters. The molecule has 0 saturated heterocycles. The molecule has 0 aliphatic carbocycles. The number of nitrogens with one attached hydrogen (secondary N) is 1. The molecule has 7 heteroatoms. The van der Waals surface area contributed by atoms with Gasteiger partial charge in [0.15, 0.2) is 5.17 Å². The summed E-state index contributed by atoms with van der Waals surface area (Å²) < 4.78 is 10.1. The molecule has 0 radical (unpaired) electrons. The Balaban J connectivity index is 2.52. The van der Waals surface area contributed by atoms with E-state index in [-0.39, 0.29) is 11.8 Å². The van der Waals surface area contributed by atoms with Crippen molar-refractivity contribution in [2.75, 3.05) is 6.26 Å². The van der Waals surface area contributed by atoms with Crippen molar-refractivity contribution in [3.05, 3.63) is 35.9 Å². The van der Waals surface area contributed by atoms with Crippen LogP contribution in [0.25, 0.3) is 0 Å². The number of amidine groups is 1. The standard InChI is InChI=1S/C15H20N2O4S/c1-15(2,3)21-14(19)17-12(22-4)16-13(18)20-10-11-8-6-5-7-9-11/h5-9H,10H2,1-4H3,(H,16,17,18,19). The van der Waals surface area contributed by atoms with Gasteiger partial charge in [0.05, 0.1) is 0 Å². The lowest BCUT2D eigenvalue weighted by atomic mass is 10.2. The Morgan fingerprint density at radius 1 is 1.23 bits per heavy atom. The lowest BCUT2D eigenvalue weighted by Gasteiger charge is -2.19. The van der Waals surface area contributed by atoms with Gasteiger partial charge in [-0.25, -0.2) is 9.59 Å². The van der Waals surface area contributed by atoms with Gasteiger partial charge in [-0.1, -0.05) is 42.1 Å². The number of amides is 2. The normalized spacial score (nSPS) is 11.7. The molecule has 0 unspecified atom stereocenters. The molecule has 0 spiro atoms. The third kappa shape index (κ3) is 7.68. The van der Waals surface area contributed by atoms with E-state index in [0.29, 0.717) is 0 Å². The van der Waals surface area contributed by atoms with Gasteiger partial charge in [0.1, 0.15) is 12.2 Å². The maximum absolute atomic E-state index is 11.6. The van der Waals surface area contributed by atoms with Crippen LogP contribution < -0.4 is 5.32 Å². The third-order valence-electron chi connectivity index (χ3n) is 2.20. The highest BCUT2D eigenvalue weighted by molar-refractivity contribution is 8.13. The number of hydrogen-bond donors (Lipinski definition) is 1. The Morgan fingerprint density at radius 3 is 2.41 bits per heavy atom. The summed E-state index contributed by atoms with van der Waals surface area (Å²) in [5.74, 6) is 0. The van der Waals surface area contributed by atoms with Crippen molar-refractivity contribution in [1.82, 2.24) is 5.32 Å². The maximum Gasteiger partial charge on any atom is 0.436 e. The summed E-state index contributed by atoms with van der Waals surface area (Å²) in [7, 11) is 0. The highest BCUT2D eigenvalue weighted by Gasteiger charge is 2.17. The van der Waals surface area contributed by atoms with Gasteiger partial charge in [0, 0.05) is 0 Å². The zero-order chi connectivity index (χ0) is 16.6.